The van der Waals surface area contributed by atoms with E-state index in [1.54, 1.807) is 31.4 Å². The standard InChI is InChI=1S/C23H29N3O3/c1-4-16-29-21-11-10-18(17-22(21)28-3)23(27)24-19-8-6-7-9-20(19)26-14-12-25(5-2)13-15-26/h4,6-11,17H,1,5,12-16H2,2-3H3,(H,24,27). The highest BCUT2D eigenvalue weighted by atomic mass is 16.5. The number of piperazine rings is 1. The molecule has 2 aromatic carbocycles. The van der Waals surface area contributed by atoms with Crippen LogP contribution in [0.4, 0.5) is 11.4 Å². The van der Waals surface area contributed by atoms with Crippen molar-refractivity contribution < 1.29 is 14.3 Å². The SMILES string of the molecule is C=CCOc1ccc(C(=O)Nc2ccccc2N2CCN(CC)CC2)cc1OC. The molecule has 3 rings (SSSR count). The predicted molar refractivity (Wildman–Crippen MR) is 117 cm³/mol. The summed E-state index contributed by atoms with van der Waals surface area (Å²) in [5.41, 5.74) is 2.38. The molecule has 0 aromatic heterocycles. The number of likely N-dealkylation sites (N-methyl/N-ethyl adjacent to an activating group) is 1. The quantitative estimate of drug-likeness (QED) is 0.692. The summed E-state index contributed by atoms with van der Waals surface area (Å²) >= 11 is 0. The van der Waals surface area contributed by atoms with Gasteiger partial charge in [-0.15, -0.1) is 0 Å². The summed E-state index contributed by atoms with van der Waals surface area (Å²) in [4.78, 5) is 17.6. The minimum absolute atomic E-state index is 0.182. The van der Waals surface area contributed by atoms with Crippen LogP contribution in [-0.4, -0.2) is 57.2 Å². The summed E-state index contributed by atoms with van der Waals surface area (Å²) in [6.45, 7) is 11.2. The van der Waals surface area contributed by atoms with Crippen molar-refractivity contribution in [3.8, 4) is 11.5 Å². The predicted octanol–water partition coefficient (Wildman–Crippen LogP) is 3.65. The highest BCUT2D eigenvalue weighted by molar-refractivity contribution is 6.06. The third-order valence-corrected chi connectivity index (χ3v) is 5.09. The van der Waals surface area contributed by atoms with Crippen LogP contribution in [0.2, 0.25) is 0 Å². The minimum Gasteiger partial charge on any atom is -0.493 e. The van der Waals surface area contributed by atoms with Crippen molar-refractivity contribution in [2.45, 2.75) is 6.92 Å². The Morgan fingerprint density at radius 1 is 1.14 bits per heavy atom. The summed E-state index contributed by atoms with van der Waals surface area (Å²) in [6.07, 6.45) is 1.66. The maximum Gasteiger partial charge on any atom is 0.255 e. The van der Waals surface area contributed by atoms with Gasteiger partial charge < -0.3 is 24.6 Å². The molecule has 1 aliphatic rings. The first-order valence-electron chi connectivity index (χ1n) is 9.95. The van der Waals surface area contributed by atoms with Gasteiger partial charge in [-0.3, -0.25) is 4.79 Å². The van der Waals surface area contributed by atoms with Crippen LogP contribution in [0.5, 0.6) is 11.5 Å². The van der Waals surface area contributed by atoms with E-state index in [0.29, 0.717) is 23.7 Å². The van der Waals surface area contributed by atoms with Gasteiger partial charge in [0, 0.05) is 31.7 Å². The van der Waals surface area contributed by atoms with Crippen LogP contribution in [-0.2, 0) is 0 Å². The first kappa shape index (κ1) is 20.7. The molecule has 1 saturated heterocycles. The summed E-state index contributed by atoms with van der Waals surface area (Å²) in [7, 11) is 1.56. The second kappa shape index (κ2) is 9.98. The third kappa shape index (κ3) is 5.09. The zero-order chi connectivity index (χ0) is 20.6. The summed E-state index contributed by atoms with van der Waals surface area (Å²) in [5.74, 6) is 0.917. The van der Waals surface area contributed by atoms with Crippen LogP contribution < -0.4 is 19.7 Å². The lowest BCUT2D eigenvalue weighted by molar-refractivity contribution is 0.102. The van der Waals surface area contributed by atoms with Gasteiger partial charge in [0.05, 0.1) is 18.5 Å². The van der Waals surface area contributed by atoms with Gasteiger partial charge in [-0.05, 0) is 36.9 Å². The Hall–Kier alpha value is -2.99. The Labute approximate surface area is 172 Å². The molecule has 6 heteroatoms. The molecule has 6 nitrogen and oxygen atoms in total. The molecule has 1 N–H and O–H groups in total. The van der Waals surface area contributed by atoms with E-state index in [0.717, 1.165) is 44.1 Å². The second-order valence-electron chi connectivity index (χ2n) is 6.86. The topological polar surface area (TPSA) is 54.0 Å². The number of para-hydroxylation sites is 2. The molecule has 29 heavy (non-hydrogen) atoms. The van der Waals surface area contributed by atoms with E-state index in [1.165, 1.54) is 0 Å². The Kier molecular flexibility index (Phi) is 7.14. The average Bonchev–Trinajstić information content (AvgIpc) is 2.78. The molecule has 0 saturated carbocycles. The Bertz CT molecular complexity index is 845. The van der Waals surface area contributed by atoms with Crippen molar-refractivity contribution >= 4 is 17.3 Å². The number of carbonyl (C=O) groups is 1. The van der Waals surface area contributed by atoms with E-state index in [4.69, 9.17) is 9.47 Å². The van der Waals surface area contributed by atoms with Crippen molar-refractivity contribution in [2.75, 3.05) is 56.7 Å². The van der Waals surface area contributed by atoms with Gasteiger partial charge in [0.2, 0.25) is 0 Å². The molecule has 0 atom stereocenters. The molecule has 0 aliphatic carbocycles. The molecule has 1 aliphatic heterocycles. The maximum absolute atomic E-state index is 12.9. The lowest BCUT2D eigenvalue weighted by Crippen LogP contribution is -2.46. The van der Waals surface area contributed by atoms with Crippen molar-refractivity contribution in [2.24, 2.45) is 0 Å². The summed E-state index contributed by atoms with van der Waals surface area (Å²) in [6, 6.07) is 13.1. The zero-order valence-electron chi connectivity index (χ0n) is 17.2. The number of rotatable bonds is 8. The van der Waals surface area contributed by atoms with Crippen molar-refractivity contribution in [3.63, 3.8) is 0 Å². The maximum atomic E-state index is 12.9. The van der Waals surface area contributed by atoms with Gasteiger partial charge in [0.1, 0.15) is 6.61 Å². The number of carbonyl (C=O) groups excluding carboxylic acids is 1. The van der Waals surface area contributed by atoms with E-state index in [-0.39, 0.29) is 5.91 Å². The fourth-order valence-corrected chi connectivity index (χ4v) is 3.43. The fraction of sp³-hybridized carbons (Fsp3) is 0.348. The lowest BCUT2D eigenvalue weighted by Gasteiger charge is -2.36. The monoisotopic (exact) mass is 395 g/mol. The molecule has 1 heterocycles. The van der Waals surface area contributed by atoms with Gasteiger partial charge >= 0.3 is 0 Å². The average molecular weight is 396 g/mol. The molecule has 0 unspecified atom stereocenters. The van der Waals surface area contributed by atoms with Gasteiger partial charge in [0.25, 0.3) is 5.91 Å². The van der Waals surface area contributed by atoms with Gasteiger partial charge in [-0.1, -0.05) is 31.7 Å². The number of methoxy groups -OCH3 is 1. The number of anilines is 2. The van der Waals surface area contributed by atoms with E-state index in [1.807, 2.05) is 18.2 Å². The molecular weight excluding hydrogens is 366 g/mol. The van der Waals surface area contributed by atoms with Crippen molar-refractivity contribution in [3.05, 3.63) is 60.7 Å². The Balaban J connectivity index is 1.75. The van der Waals surface area contributed by atoms with Crippen LogP contribution in [0.1, 0.15) is 17.3 Å². The Morgan fingerprint density at radius 2 is 1.90 bits per heavy atom. The molecule has 0 bridgehead atoms. The smallest absolute Gasteiger partial charge is 0.255 e. The van der Waals surface area contributed by atoms with E-state index >= 15 is 0 Å². The van der Waals surface area contributed by atoms with Gasteiger partial charge in [-0.2, -0.15) is 0 Å². The number of benzene rings is 2. The van der Waals surface area contributed by atoms with Gasteiger partial charge in [-0.25, -0.2) is 0 Å². The van der Waals surface area contributed by atoms with E-state index < -0.39 is 0 Å². The number of ether oxygens (including phenoxy) is 2. The number of nitrogens with zero attached hydrogens (tertiary/aromatic N) is 2. The number of nitrogens with one attached hydrogen (secondary N) is 1. The van der Waals surface area contributed by atoms with Crippen LogP contribution >= 0.6 is 0 Å². The van der Waals surface area contributed by atoms with Crippen LogP contribution in [0.15, 0.2) is 55.1 Å². The first-order chi connectivity index (χ1) is 14.2. The van der Waals surface area contributed by atoms with Crippen LogP contribution in [0.3, 0.4) is 0 Å². The van der Waals surface area contributed by atoms with E-state index in [9.17, 15) is 4.79 Å². The van der Waals surface area contributed by atoms with E-state index in [2.05, 4.69) is 34.7 Å². The second-order valence-corrected chi connectivity index (χ2v) is 6.86. The number of hydrogen-bond donors (Lipinski definition) is 1. The molecule has 0 radical (unpaired) electrons. The Morgan fingerprint density at radius 3 is 2.59 bits per heavy atom. The third-order valence-electron chi connectivity index (χ3n) is 5.09. The van der Waals surface area contributed by atoms with Crippen LogP contribution in [0, 0.1) is 0 Å². The largest absolute Gasteiger partial charge is 0.493 e. The molecule has 1 amide bonds. The summed E-state index contributed by atoms with van der Waals surface area (Å²) in [5, 5.41) is 3.06. The number of amides is 1. The molecule has 0 spiro atoms. The fourth-order valence-electron chi connectivity index (χ4n) is 3.43. The lowest BCUT2D eigenvalue weighted by atomic mass is 10.1. The molecule has 1 fully saturated rings. The molecule has 2 aromatic rings. The minimum atomic E-state index is -0.182. The normalized spacial score (nSPS) is 14.3. The van der Waals surface area contributed by atoms with Crippen molar-refractivity contribution in [1.29, 1.82) is 0 Å². The highest BCUT2D eigenvalue weighted by Crippen LogP contribution is 2.30. The zero-order valence-corrected chi connectivity index (χ0v) is 17.2. The molecular formula is C23H29N3O3. The highest BCUT2D eigenvalue weighted by Gasteiger charge is 2.19. The van der Waals surface area contributed by atoms with Gasteiger partial charge in [0.15, 0.2) is 11.5 Å². The van der Waals surface area contributed by atoms with Crippen LogP contribution in [0.25, 0.3) is 0 Å². The first-order valence-corrected chi connectivity index (χ1v) is 9.95. The van der Waals surface area contributed by atoms with Crippen molar-refractivity contribution in [1.82, 2.24) is 4.90 Å². The molecule has 154 valence electrons. The summed E-state index contributed by atoms with van der Waals surface area (Å²) < 4.78 is 10.9. The number of hydrogen-bond acceptors (Lipinski definition) is 5.